The van der Waals surface area contributed by atoms with Crippen molar-refractivity contribution < 1.29 is 9.59 Å². The van der Waals surface area contributed by atoms with Gasteiger partial charge in [0.15, 0.2) is 0 Å². The molecule has 0 unspecified atom stereocenters. The number of rotatable bonds is 8. The molecule has 0 radical (unpaired) electrons. The third-order valence-corrected chi connectivity index (χ3v) is 4.50. The van der Waals surface area contributed by atoms with Crippen molar-refractivity contribution >= 4 is 29.1 Å². The third-order valence-electron chi connectivity index (χ3n) is 4.26. The average Bonchev–Trinajstić information content (AvgIpc) is 2.61. The Morgan fingerprint density at radius 1 is 1.08 bits per heavy atom. The maximum absolute atomic E-state index is 12.2. The van der Waals surface area contributed by atoms with Crippen LogP contribution < -0.4 is 5.32 Å². The van der Waals surface area contributed by atoms with Gasteiger partial charge in [0.05, 0.1) is 0 Å². The minimum absolute atomic E-state index is 0.00945. The molecule has 0 bridgehead atoms. The summed E-state index contributed by atoms with van der Waals surface area (Å²) in [6, 6.07) is 15.6. The lowest BCUT2D eigenvalue weighted by Gasteiger charge is -2.21. The summed E-state index contributed by atoms with van der Waals surface area (Å²) in [5, 5.41) is 3.45. The number of benzene rings is 2. The van der Waals surface area contributed by atoms with Gasteiger partial charge in [-0.1, -0.05) is 48.0 Å². The summed E-state index contributed by atoms with van der Waals surface area (Å²) in [5.74, 6) is -0.130. The van der Waals surface area contributed by atoms with E-state index in [1.54, 1.807) is 24.0 Å². The minimum atomic E-state index is -0.121. The van der Waals surface area contributed by atoms with Crippen LogP contribution in [-0.4, -0.2) is 29.8 Å². The number of nitrogens with one attached hydrogen (secondary N) is 1. The van der Waals surface area contributed by atoms with Crippen LogP contribution in [-0.2, 0) is 16.0 Å². The molecule has 2 amide bonds. The zero-order valence-electron chi connectivity index (χ0n) is 15.3. The van der Waals surface area contributed by atoms with Gasteiger partial charge in [0.1, 0.15) is 0 Å². The van der Waals surface area contributed by atoms with Crippen molar-refractivity contribution in [3.05, 3.63) is 64.7 Å². The smallest absolute Gasteiger partial charge is 0.226 e. The van der Waals surface area contributed by atoms with Crippen molar-refractivity contribution in [2.24, 2.45) is 0 Å². The van der Waals surface area contributed by atoms with Crippen molar-refractivity contribution in [1.82, 2.24) is 4.90 Å². The van der Waals surface area contributed by atoms with E-state index in [1.807, 2.05) is 31.2 Å². The fraction of sp³-hybridized carbons (Fsp3) is 0.333. The lowest BCUT2D eigenvalue weighted by molar-refractivity contribution is -0.129. The van der Waals surface area contributed by atoms with Crippen LogP contribution in [0.25, 0.3) is 0 Å². The molecule has 2 rings (SSSR count). The van der Waals surface area contributed by atoms with Crippen LogP contribution in [0.15, 0.2) is 48.5 Å². The maximum atomic E-state index is 12.2. The minimum Gasteiger partial charge on any atom is -0.342 e. The van der Waals surface area contributed by atoms with Crippen LogP contribution in [0.5, 0.6) is 0 Å². The molecular formula is C21H25ClN2O2. The van der Waals surface area contributed by atoms with Gasteiger partial charge in [0, 0.05) is 37.1 Å². The van der Waals surface area contributed by atoms with Crippen molar-refractivity contribution in [1.29, 1.82) is 0 Å². The molecule has 0 heterocycles. The van der Waals surface area contributed by atoms with Crippen molar-refractivity contribution in [3.8, 4) is 0 Å². The molecule has 0 aliphatic rings. The third kappa shape index (κ3) is 6.52. The summed E-state index contributed by atoms with van der Waals surface area (Å²) in [5.41, 5.74) is 2.92. The molecule has 1 N–H and O–H groups in total. The Morgan fingerprint density at radius 2 is 1.81 bits per heavy atom. The molecule has 26 heavy (non-hydrogen) atoms. The van der Waals surface area contributed by atoms with Crippen molar-refractivity contribution in [2.75, 3.05) is 18.4 Å². The van der Waals surface area contributed by atoms with Gasteiger partial charge in [-0.05, 0) is 43.0 Å². The highest BCUT2D eigenvalue weighted by Gasteiger charge is 2.12. The molecule has 0 spiro atoms. The molecule has 0 fully saturated rings. The first-order chi connectivity index (χ1) is 12.5. The van der Waals surface area contributed by atoms with Crippen molar-refractivity contribution in [2.45, 2.75) is 33.1 Å². The van der Waals surface area contributed by atoms with Gasteiger partial charge in [-0.25, -0.2) is 0 Å². The van der Waals surface area contributed by atoms with Crippen LogP contribution in [0.2, 0.25) is 5.02 Å². The highest BCUT2D eigenvalue weighted by atomic mass is 35.5. The zero-order valence-corrected chi connectivity index (χ0v) is 16.1. The Morgan fingerprint density at radius 3 is 2.50 bits per heavy atom. The number of hydrogen-bond donors (Lipinski definition) is 1. The topological polar surface area (TPSA) is 49.4 Å². The first kappa shape index (κ1) is 20.0. The Bertz CT molecular complexity index is 747. The molecule has 138 valence electrons. The molecular weight excluding hydrogens is 348 g/mol. The number of aryl methyl sites for hydroxylation is 2. The second kappa shape index (κ2) is 9.97. The van der Waals surface area contributed by atoms with E-state index in [0.29, 0.717) is 23.8 Å². The lowest BCUT2D eigenvalue weighted by Crippen LogP contribution is -2.33. The van der Waals surface area contributed by atoms with Gasteiger partial charge < -0.3 is 10.2 Å². The number of carbonyl (C=O) groups excluding carboxylic acids is 2. The van der Waals surface area contributed by atoms with Gasteiger partial charge in [-0.3, -0.25) is 9.59 Å². The Kier molecular flexibility index (Phi) is 7.67. The SMILES string of the molecule is CC(=O)N(CCCc1ccccc1)CCC(=O)Nc1cc(Cl)ccc1C. The lowest BCUT2D eigenvalue weighted by atomic mass is 10.1. The first-order valence-electron chi connectivity index (χ1n) is 8.81. The Hall–Kier alpha value is -2.33. The number of halogens is 1. The predicted octanol–water partition coefficient (Wildman–Crippen LogP) is 4.46. The summed E-state index contributed by atoms with van der Waals surface area (Å²) >= 11 is 5.97. The maximum Gasteiger partial charge on any atom is 0.226 e. The van der Waals surface area contributed by atoms with E-state index in [1.165, 1.54) is 5.56 Å². The zero-order chi connectivity index (χ0) is 18.9. The number of anilines is 1. The van der Waals surface area contributed by atoms with Crippen LogP contribution in [0, 0.1) is 6.92 Å². The van der Waals surface area contributed by atoms with E-state index in [0.717, 1.165) is 18.4 Å². The van der Waals surface area contributed by atoms with Gasteiger partial charge in [-0.2, -0.15) is 0 Å². The summed E-state index contributed by atoms with van der Waals surface area (Å²) in [6.45, 7) is 4.52. The fourth-order valence-corrected chi connectivity index (χ4v) is 2.90. The molecule has 2 aromatic carbocycles. The van der Waals surface area contributed by atoms with Gasteiger partial charge in [0.25, 0.3) is 0 Å². The molecule has 0 aromatic heterocycles. The molecule has 0 saturated heterocycles. The first-order valence-corrected chi connectivity index (χ1v) is 9.19. The van der Waals surface area contributed by atoms with Crippen molar-refractivity contribution in [3.63, 3.8) is 0 Å². The Labute approximate surface area is 160 Å². The van der Waals surface area contributed by atoms with Gasteiger partial charge in [0.2, 0.25) is 11.8 Å². The van der Waals surface area contributed by atoms with Crippen LogP contribution in [0.3, 0.4) is 0 Å². The average molecular weight is 373 g/mol. The summed E-state index contributed by atoms with van der Waals surface area (Å²) in [7, 11) is 0. The molecule has 0 aliphatic carbocycles. The van der Waals surface area contributed by atoms with E-state index >= 15 is 0 Å². The summed E-state index contributed by atoms with van der Waals surface area (Å²) < 4.78 is 0. The summed E-state index contributed by atoms with van der Waals surface area (Å²) in [6.07, 6.45) is 2.05. The molecule has 2 aromatic rings. The number of carbonyl (C=O) groups is 2. The predicted molar refractivity (Wildman–Crippen MR) is 106 cm³/mol. The standard InChI is InChI=1S/C21H25ClN2O2/c1-16-10-11-19(22)15-20(16)23-21(26)12-14-24(17(2)25)13-6-9-18-7-4-3-5-8-18/h3-5,7-8,10-11,15H,6,9,12-14H2,1-2H3,(H,23,26). The van der Waals surface area contributed by atoms with E-state index < -0.39 is 0 Å². The van der Waals surface area contributed by atoms with E-state index in [9.17, 15) is 9.59 Å². The van der Waals surface area contributed by atoms with E-state index in [2.05, 4.69) is 17.4 Å². The second-order valence-electron chi connectivity index (χ2n) is 6.35. The van der Waals surface area contributed by atoms with E-state index in [-0.39, 0.29) is 18.2 Å². The molecule has 0 saturated carbocycles. The number of hydrogen-bond acceptors (Lipinski definition) is 2. The van der Waals surface area contributed by atoms with Crippen LogP contribution >= 0.6 is 11.6 Å². The monoisotopic (exact) mass is 372 g/mol. The largest absolute Gasteiger partial charge is 0.342 e. The second-order valence-corrected chi connectivity index (χ2v) is 6.79. The number of amides is 2. The normalized spacial score (nSPS) is 10.4. The highest BCUT2D eigenvalue weighted by molar-refractivity contribution is 6.31. The van der Waals surface area contributed by atoms with Gasteiger partial charge >= 0.3 is 0 Å². The molecule has 4 nitrogen and oxygen atoms in total. The Balaban J connectivity index is 1.80. The quantitative estimate of drug-likeness (QED) is 0.743. The molecule has 0 atom stereocenters. The van der Waals surface area contributed by atoms with Crippen LogP contribution in [0.1, 0.15) is 30.9 Å². The van der Waals surface area contributed by atoms with Gasteiger partial charge in [-0.15, -0.1) is 0 Å². The highest BCUT2D eigenvalue weighted by Crippen LogP contribution is 2.20. The molecule has 0 aliphatic heterocycles. The fourth-order valence-electron chi connectivity index (χ4n) is 2.72. The summed E-state index contributed by atoms with van der Waals surface area (Å²) in [4.78, 5) is 25.8. The van der Waals surface area contributed by atoms with Crippen LogP contribution in [0.4, 0.5) is 5.69 Å². The number of nitrogens with zero attached hydrogens (tertiary/aromatic N) is 1. The molecule has 5 heteroatoms. The van der Waals surface area contributed by atoms with E-state index in [4.69, 9.17) is 11.6 Å².